The summed E-state index contributed by atoms with van der Waals surface area (Å²) >= 11 is 3.45. The summed E-state index contributed by atoms with van der Waals surface area (Å²) in [6.45, 7) is 4.84. The Balaban J connectivity index is 2.50. The van der Waals surface area contributed by atoms with Crippen molar-refractivity contribution in [3.8, 4) is 0 Å². The second-order valence-corrected chi connectivity index (χ2v) is 8.29. The van der Waals surface area contributed by atoms with E-state index in [0.29, 0.717) is 18.0 Å². The van der Waals surface area contributed by atoms with Gasteiger partial charge in [-0.2, -0.15) is 4.31 Å². The van der Waals surface area contributed by atoms with Crippen LogP contribution in [-0.2, 0) is 16.6 Å². The molecular formula is C15H23BrN2O2S. The van der Waals surface area contributed by atoms with Crippen molar-refractivity contribution in [3.05, 3.63) is 27.7 Å². The second-order valence-electron chi connectivity index (χ2n) is 5.58. The third-order valence-corrected chi connectivity index (χ3v) is 7.12. The van der Waals surface area contributed by atoms with Gasteiger partial charge >= 0.3 is 0 Å². The Morgan fingerprint density at radius 1 is 1.38 bits per heavy atom. The first-order chi connectivity index (χ1) is 9.91. The second kappa shape index (κ2) is 6.77. The fourth-order valence-corrected chi connectivity index (χ4v) is 5.62. The van der Waals surface area contributed by atoms with Crippen LogP contribution in [0.25, 0.3) is 0 Å². The van der Waals surface area contributed by atoms with Crippen molar-refractivity contribution in [2.45, 2.75) is 57.0 Å². The lowest BCUT2D eigenvalue weighted by Gasteiger charge is -2.34. The maximum Gasteiger partial charge on any atom is 0.243 e. The van der Waals surface area contributed by atoms with Gasteiger partial charge in [-0.1, -0.05) is 29.3 Å². The Morgan fingerprint density at radius 3 is 2.71 bits per heavy atom. The number of piperidine rings is 1. The number of hydrogen-bond donors (Lipinski definition) is 1. The van der Waals surface area contributed by atoms with Gasteiger partial charge in [-0.3, -0.25) is 0 Å². The first-order valence-electron chi connectivity index (χ1n) is 7.42. The fourth-order valence-electron chi connectivity index (χ4n) is 2.92. The molecule has 0 saturated carbocycles. The van der Waals surface area contributed by atoms with Crippen LogP contribution in [0.2, 0.25) is 0 Å². The minimum absolute atomic E-state index is 0.114. The highest BCUT2D eigenvalue weighted by Crippen LogP contribution is 2.32. The molecule has 1 atom stereocenters. The fraction of sp³-hybridized carbons (Fsp3) is 0.600. The number of hydrogen-bond acceptors (Lipinski definition) is 3. The first kappa shape index (κ1) is 16.9. The van der Waals surface area contributed by atoms with E-state index in [4.69, 9.17) is 5.73 Å². The van der Waals surface area contributed by atoms with Crippen LogP contribution >= 0.6 is 15.9 Å². The molecule has 118 valence electrons. The van der Waals surface area contributed by atoms with Crippen LogP contribution in [-0.4, -0.2) is 25.3 Å². The summed E-state index contributed by atoms with van der Waals surface area (Å²) < 4.78 is 28.6. The predicted molar refractivity (Wildman–Crippen MR) is 88.6 cm³/mol. The summed E-state index contributed by atoms with van der Waals surface area (Å²) in [5.41, 5.74) is 7.27. The Bertz CT molecular complexity index is 616. The predicted octanol–water partition coefficient (Wildman–Crippen LogP) is 3.17. The summed E-state index contributed by atoms with van der Waals surface area (Å²) in [6, 6.07) is 3.72. The monoisotopic (exact) mass is 374 g/mol. The van der Waals surface area contributed by atoms with Gasteiger partial charge in [0, 0.05) is 23.6 Å². The van der Waals surface area contributed by atoms with E-state index >= 15 is 0 Å². The van der Waals surface area contributed by atoms with Crippen LogP contribution in [0.3, 0.4) is 0 Å². The highest BCUT2D eigenvalue weighted by molar-refractivity contribution is 9.10. The third-order valence-electron chi connectivity index (χ3n) is 4.22. The smallest absolute Gasteiger partial charge is 0.243 e. The molecule has 0 spiro atoms. The van der Waals surface area contributed by atoms with E-state index < -0.39 is 10.0 Å². The van der Waals surface area contributed by atoms with Crippen LogP contribution in [0.4, 0.5) is 0 Å². The van der Waals surface area contributed by atoms with Gasteiger partial charge in [0.2, 0.25) is 10.0 Å². The van der Waals surface area contributed by atoms with Gasteiger partial charge < -0.3 is 5.73 Å². The SMILES string of the molecule is CCC1CCCCN1S(=O)(=O)c1cc(CN)cc(Br)c1C. The van der Waals surface area contributed by atoms with Crippen molar-refractivity contribution >= 4 is 26.0 Å². The number of sulfonamides is 1. The number of halogens is 1. The van der Waals surface area contributed by atoms with Crippen molar-refractivity contribution in [2.24, 2.45) is 5.73 Å². The maximum absolute atomic E-state index is 13.1. The van der Waals surface area contributed by atoms with Gasteiger partial charge in [0.15, 0.2) is 0 Å². The molecule has 4 nitrogen and oxygen atoms in total. The molecule has 21 heavy (non-hydrogen) atoms. The summed E-state index contributed by atoms with van der Waals surface area (Å²) in [5, 5.41) is 0. The standard InChI is InChI=1S/C15H23BrN2O2S/c1-3-13-6-4-5-7-18(13)21(19,20)15-9-12(10-17)8-14(16)11(15)2/h8-9,13H,3-7,10,17H2,1-2H3. The van der Waals surface area contributed by atoms with Crippen molar-refractivity contribution in [2.75, 3.05) is 6.54 Å². The van der Waals surface area contributed by atoms with Crippen LogP contribution in [0, 0.1) is 6.92 Å². The molecule has 2 N–H and O–H groups in total. The molecule has 0 bridgehead atoms. The van der Waals surface area contributed by atoms with E-state index in [9.17, 15) is 8.42 Å². The molecule has 1 heterocycles. The van der Waals surface area contributed by atoms with E-state index in [1.165, 1.54) is 0 Å². The molecule has 1 aliphatic rings. The van der Waals surface area contributed by atoms with Gasteiger partial charge in [-0.05, 0) is 49.4 Å². The molecule has 0 radical (unpaired) electrons. The summed E-state index contributed by atoms with van der Waals surface area (Å²) in [4.78, 5) is 0.387. The van der Waals surface area contributed by atoms with Crippen LogP contribution in [0.1, 0.15) is 43.7 Å². The molecule has 6 heteroatoms. The first-order valence-corrected chi connectivity index (χ1v) is 9.66. The molecule has 1 aliphatic heterocycles. The van der Waals surface area contributed by atoms with Gasteiger partial charge in [0.05, 0.1) is 4.90 Å². The van der Waals surface area contributed by atoms with Crippen molar-refractivity contribution in [1.29, 1.82) is 0 Å². The third kappa shape index (κ3) is 3.33. The van der Waals surface area contributed by atoms with Crippen molar-refractivity contribution in [3.63, 3.8) is 0 Å². The Hall–Kier alpha value is -0.430. The zero-order valence-electron chi connectivity index (χ0n) is 12.6. The molecule has 1 aromatic rings. The largest absolute Gasteiger partial charge is 0.326 e. The van der Waals surface area contributed by atoms with Gasteiger partial charge in [-0.15, -0.1) is 0 Å². The summed E-state index contributed by atoms with van der Waals surface area (Å²) in [7, 11) is -3.46. The van der Waals surface area contributed by atoms with Crippen molar-refractivity contribution in [1.82, 2.24) is 4.31 Å². The molecule has 1 aromatic carbocycles. The van der Waals surface area contributed by atoms with E-state index in [-0.39, 0.29) is 6.04 Å². The topological polar surface area (TPSA) is 63.4 Å². The molecular weight excluding hydrogens is 352 g/mol. The van der Waals surface area contributed by atoms with Gasteiger partial charge in [0.1, 0.15) is 0 Å². The lowest BCUT2D eigenvalue weighted by Crippen LogP contribution is -2.43. The average molecular weight is 375 g/mol. The van der Waals surface area contributed by atoms with Crippen molar-refractivity contribution < 1.29 is 8.42 Å². The molecule has 0 aromatic heterocycles. The Morgan fingerprint density at radius 2 is 2.10 bits per heavy atom. The number of benzene rings is 1. The molecule has 0 amide bonds. The normalized spacial score (nSPS) is 20.7. The van der Waals surface area contributed by atoms with E-state index in [1.807, 2.05) is 13.0 Å². The van der Waals surface area contributed by atoms with E-state index in [1.54, 1.807) is 10.4 Å². The highest BCUT2D eigenvalue weighted by Gasteiger charge is 2.33. The molecule has 0 aliphatic carbocycles. The number of nitrogens with two attached hydrogens (primary N) is 1. The average Bonchev–Trinajstić information content (AvgIpc) is 2.49. The Kier molecular flexibility index (Phi) is 5.46. The van der Waals surface area contributed by atoms with Gasteiger partial charge in [-0.25, -0.2) is 8.42 Å². The Labute approximate surface area is 135 Å². The molecule has 1 fully saturated rings. The quantitative estimate of drug-likeness (QED) is 0.879. The summed E-state index contributed by atoms with van der Waals surface area (Å²) in [6.07, 6.45) is 3.85. The highest BCUT2D eigenvalue weighted by atomic mass is 79.9. The van der Waals surface area contributed by atoms with E-state index in [2.05, 4.69) is 22.9 Å². The number of rotatable bonds is 4. The molecule has 1 saturated heterocycles. The van der Waals surface area contributed by atoms with Crippen LogP contribution in [0.15, 0.2) is 21.5 Å². The zero-order valence-corrected chi connectivity index (χ0v) is 15.0. The van der Waals surface area contributed by atoms with Crippen LogP contribution in [0.5, 0.6) is 0 Å². The minimum atomic E-state index is -3.46. The lowest BCUT2D eigenvalue weighted by molar-refractivity contribution is 0.246. The zero-order chi connectivity index (χ0) is 15.6. The van der Waals surface area contributed by atoms with E-state index in [0.717, 1.165) is 41.3 Å². The lowest BCUT2D eigenvalue weighted by atomic mass is 10.0. The van der Waals surface area contributed by atoms with Gasteiger partial charge in [0.25, 0.3) is 0 Å². The minimum Gasteiger partial charge on any atom is -0.326 e. The number of nitrogens with zero attached hydrogens (tertiary/aromatic N) is 1. The molecule has 1 unspecified atom stereocenters. The van der Waals surface area contributed by atoms with Crippen LogP contribution < -0.4 is 5.73 Å². The molecule has 2 rings (SSSR count). The summed E-state index contributed by atoms with van der Waals surface area (Å²) in [5.74, 6) is 0. The maximum atomic E-state index is 13.1.